The highest BCUT2D eigenvalue weighted by atomic mass is 16.5. The Balaban J connectivity index is 2.03. The van der Waals surface area contributed by atoms with E-state index in [-0.39, 0.29) is 18.4 Å². The van der Waals surface area contributed by atoms with Gasteiger partial charge in [-0.05, 0) is 0 Å². The van der Waals surface area contributed by atoms with E-state index in [4.69, 9.17) is 0 Å². The van der Waals surface area contributed by atoms with Crippen LogP contribution in [0.2, 0.25) is 0 Å². The Morgan fingerprint density at radius 2 is 2.47 bits per heavy atom. The Labute approximate surface area is 85.4 Å². The topological polar surface area (TPSA) is 88.3 Å². The molecule has 2 rings (SSSR count). The second-order valence-corrected chi connectivity index (χ2v) is 3.42. The van der Waals surface area contributed by atoms with E-state index in [0.29, 0.717) is 12.4 Å². The van der Waals surface area contributed by atoms with Gasteiger partial charge in [-0.2, -0.15) is 4.98 Å². The van der Waals surface area contributed by atoms with Gasteiger partial charge in [0.15, 0.2) is 5.82 Å². The standard InChI is InChI=1S/C8H10N4O3/c1-5-2-12(8(14)10-7(5)13)3-6-9-4-15-11-6/h4-5H,2-3H2,1H3,(H,10,13,14). The molecular formula is C8H10N4O3. The molecule has 80 valence electrons. The predicted octanol–water partition coefficient (Wildman–Crippen LogP) is -0.242. The van der Waals surface area contributed by atoms with Crippen LogP contribution < -0.4 is 5.32 Å². The summed E-state index contributed by atoms with van der Waals surface area (Å²) in [5.41, 5.74) is 0. The Hall–Kier alpha value is -1.92. The van der Waals surface area contributed by atoms with Gasteiger partial charge in [-0.25, -0.2) is 4.79 Å². The summed E-state index contributed by atoms with van der Waals surface area (Å²) in [6, 6.07) is -0.414. The summed E-state index contributed by atoms with van der Waals surface area (Å²) in [6.45, 7) is 2.38. The van der Waals surface area contributed by atoms with Crippen molar-refractivity contribution in [3.05, 3.63) is 12.2 Å². The minimum atomic E-state index is -0.414. The molecule has 1 aliphatic heterocycles. The molecule has 7 nitrogen and oxygen atoms in total. The van der Waals surface area contributed by atoms with Crippen LogP contribution in [0.1, 0.15) is 12.7 Å². The van der Waals surface area contributed by atoms with Crippen LogP contribution in [0, 0.1) is 5.92 Å². The number of nitrogens with one attached hydrogen (secondary N) is 1. The second-order valence-electron chi connectivity index (χ2n) is 3.42. The van der Waals surface area contributed by atoms with E-state index in [2.05, 4.69) is 20.0 Å². The van der Waals surface area contributed by atoms with E-state index in [1.54, 1.807) is 6.92 Å². The summed E-state index contributed by atoms with van der Waals surface area (Å²) in [5.74, 6) is -0.0364. The van der Waals surface area contributed by atoms with E-state index in [1.165, 1.54) is 11.3 Å². The molecule has 1 aliphatic rings. The van der Waals surface area contributed by atoms with E-state index >= 15 is 0 Å². The predicted molar refractivity (Wildman–Crippen MR) is 47.4 cm³/mol. The lowest BCUT2D eigenvalue weighted by molar-refractivity contribution is -0.125. The lowest BCUT2D eigenvalue weighted by Crippen LogP contribution is -2.53. The van der Waals surface area contributed by atoms with Crippen molar-refractivity contribution in [2.24, 2.45) is 5.92 Å². The molecule has 3 amide bonds. The number of urea groups is 1. The molecule has 0 spiro atoms. The van der Waals surface area contributed by atoms with E-state index in [9.17, 15) is 9.59 Å². The maximum Gasteiger partial charge on any atom is 0.324 e. The van der Waals surface area contributed by atoms with Crippen molar-refractivity contribution in [2.45, 2.75) is 13.5 Å². The average Bonchev–Trinajstić information content (AvgIpc) is 2.67. The van der Waals surface area contributed by atoms with E-state index in [0.717, 1.165) is 0 Å². The summed E-state index contributed by atoms with van der Waals surface area (Å²) >= 11 is 0. The summed E-state index contributed by atoms with van der Waals surface area (Å²) in [7, 11) is 0. The van der Waals surface area contributed by atoms with Gasteiger partial charge in [0.05, 0.1) is 12.5 Å². The molecular weight excluding hydrogens is 200 g/mol. The van der Waals surface area contributed by atoms with Gasteiger partial charge < -0.3 is 9.42 Å². The van der Waals surface area contributed by atoms with E-state index < -0.39 is 6.03 Å². The fourth-order valence-electron chi connectivity index (χ4n) is 1.37. The molecule has 1 N–H and O–H groups in total. The first kappa shape index (κ1) is 9.63. The molecule has 7 heteroatoms. The average molecular weight is 210 g/mol. The number of hydrogen-bond donors (Lipinski definition) is 1. The van der Waals surface area contributed by atoms with Crippen LogP contribution in [0.5, 0.6) is 0 Å². The summed E-state index contributed by atoms with van der Waals surface area (Å²) in [6.07, 6.45) is 1.20. The van der Waals surface area contributed by atoms with Crippen LogP contribution in [0.15, 0.2) is 10.9 Å². The zero-order valence-corrected chi connectivity index (χ0v) is 8.14. The number of amides is 3. The number of hydrogen-bond acceptors (Lipinski definition) is 5. The van der Waals surface area contributed by atoms with Crippen LogP contribution in [0.3, 0.4) is 0 Å². The third-order valence-electron chi connectivity index (χ3n) is 2.20. The van der Waals surface area contributed by atoms with Crippen molar-refractivity contribution in [2.75, 3.05) is 6.54 Å². The van der Waals surface area contributed by atoms with Crippen molar-refractivity contribution < 1.29 is 14.1 Å². The molecule has 2 heterocycles. The van der Waals surface area contributed by atoms with Crippen molar-refractivity contribution in [1.82, 2.24) is 20.4 Å². The normalized spacial score (nSPS) is 21.7. The largest absolute Gasteiger partial charge is 0.343 e. The number of aromatic nitrogens is 2. The van der Waals surface area contributed by atoms with Gasteiger partial charge in [-0.3, -0.25) is 10.1 Å². The van der Waals surface area contributed by atoms with Gasteiger partial charge in [0, 0.05) is 6.54 Å². The summed E-state index contributed by atoms with van der Waals surface area (Å²) in [4.78, 5) is 27.8. The molecule has 0 saturated carbocycles. The van der Waals surface area contributed by atoms with E-state index in [1.807, 2.05) is 0 Å². The van der Waals surface area contributed by atoms with Crippen LogP contribution in [0.25, 0.3) is 0 Å². The smallest absolute Gasteiger partial charge is 0.324 e. The Bertz CT molecular complexity index is 375. The van der Waals surface area contributed by atoms with Crippen LogP contribution in [0.4, 0.5) is 4.79 Å². The highest BCUT2D eigenvalue weighted by Crippen LogP contribution is 2.09. The van der Waals surface area contributed by atoms with Gasteiger partial charge in [0.25, 0.3) is 0 Å². The molecule has 0 bridgehead atoms. The fourth-order valence-corrected chi connectivity index (χ4v) is 1.37. The molecule has 0 radical (unpaired) electrons. The zero-order chi connectivity index (χ0) is 10.8. The molecule has 1 unspecified atom stereocenters. The molecule has 15 heavy (non-hydrogen) atoms. The van der Waals surface area contributed by atoms with Crippen molar-refractivity contribution in [3.63, 3.8) is 0 Å². The molecule has 0 aliphatic carbocycles. The Morgan fingerprint density at radius 3 is 3.13 bits per heavy atom. The molecule has 0 aromatic carbocycles. The quantitative estimate of drug-likeness (QED) is 0.727. The lowest BCUT2D eigenvalue weighted by atomic mass is 10.1. The third kappa shape index (κ3) is 1.95. The minimum absolute atomic E-state index is 0.213. The first-order valence-electron chi connectivity index (χ1n) is 4.52. The maximum atomic E-state index is 11.4. The monoisotopic (exact) mass is 210 g/mol. The number of carbonyl (C=O) groups is 2. The van der Waals surface area contributed by atoms with Crippen molar-refractivity contribution in [1.29, 1.82) is 0 Å². The van der Waals surface area contributed by atoms with Crippen LogP contribution in [-0.4, -0.2) is 33.5 Å². The maximum absolute atomic E-state index is 11.4. The summed E-state index contributed by atoms with van der Waals surface area (Å²) < 4.78 is 4.55. The molecule has 1 saturated heterocycles. The van der Waals surface area contributed by atoms with Gasteiger partial charge in [-0.15, -0.1) is 0 Å². The number of rotatable bonds is 2. The van der Waals surface area contributed by atoms with Gasteiger partial charge in [0.1, 0.15) is 0 Å². The SMILES string of the molecule is CC1CN(Cc2ncon2)C(=O)NC1=O. The van der Waals surface area contributed by atoms with Crippen LogP contribution >= 0.6 is 0 Å². The zero-order valence-electron chi connectivity index (χ0n) is 8.14. The summed E-state index contributed by atoms with van der Waals surface area (Å²) in [5, 5.41) is 5.85. The van der Waals surface area contributed by atoms with Gasteiger partial charge in [0.2, 0.25) is 12.3 Å². The minimum Gasteiger partial charge on any atom is -0.343 e. The Kier molecular flexibility index (Phi) is 2.36. The number of imide groups is 1. The van der Waals surface area contributed by atoms with Gasteiger partial charge in [-0.1, -0.05) is 12.1 Å². The van der Waals surface area contributed by atoms with Crippen molar-refractivity contribution >= 4 is 11.9 Å². The fraction of sp³-hybridized carbons (Fsp3) is 0.500. The molecule has 1 aromatic heterocycles. The van der Waals surface area contributed by atoms with Gasteiger partial charge >= 0.3 is 6.03 Å². The number of nitrogens with zero attached hydrogens (tertiary/aromatic N) is 3. The molecule has 1 fully saturated rings. The molecule has 1 atom stereocenters. The van der Waals surface area contributed by atoms with Crippen LogP contribution in [-0.2, 0) is 11.3 Å². The number of carbonyl (C=O) groups excluding carboxylic acids is 2. The first-order valence-corrected chi connectivity index (χ1v) is 4.52. The highest BCUT2D eigenvalue weighted by Gasteiger charge is 2.29. The van der Waals surface area contributed by atoms with Crippen molar-refractivity contribution in [3.8, 4) is 0 Å². The third-order valence-corrected chi connectivity index (χ3v) is 2.20. The highest BCUT2D eigenvalue weighted by molar-refractivity contribution is 5.97. The molecule has 1 aromatic rings. The Morgan fingerprint density at radius 1 is 1.67 bits per heavy atom. The first-order chi connectivity index (χ1) is 7.16. The second kappa shape index (κ2) is 3.68. The lowest BCUT2D eigenvalue weighted by Gasteiger charge is -2.29.